The SMILES string of the molecule is CCCCCCCCC(CCCCCCCC)C(CCCCCCCC)OS(=O)(=O)[O-].N.[H+]. The summed E-state index contributed by atoms with van der Waals surface area (Å²) in [6.45, 7) is 6.66. The molecule has 0 aromatic carbocycles. The Morgan fingerprint density at radius 2 is 0.906 bits per heavy atom. The van der Waals surface area contributed by atoms with E-state index < -0.39 is 16.5 Å². The van der Waals surface area contributed by atoms with E-state index in [4.69, 9.17) is 4.18 Å². The average Bonchev–Trinajstić information content (AvgIpc) is 2.72. The van der Waals surface area contributed by atoms with Crippen molar-refractivity contribution in [2.24, 2.45) is 5.92 Å². The van der Waals surface area contributed by atoms with Gasteiger partial charge in [-0.15, -0.1) is 0 Å². The van der Waals surface area contributed by atoms with Crippen LogP contribution in [-0.2, 0) is 14.6 Å². The molecule has 0 saturated carbocycles. The van der Waals surface area contributed by atoms with Crippen molar-refractivity contribution in [3.63, 3.8) is 0 Å². The fraction of sp³-hybridized carbons (Fsp3) is 1.00. The highest BCUT2D eigenvalue weighted by Gasteiger charge is 2.24. The average molecular weight is 480 g/mol. The zero-order valence-electron chi connectivity index (χ0n) is 22.8. The Labute approximate surface area is 202 Å². The van der Waals surface area contributed by atoms with Gasteiger partial charge < -0.3 is 10.7 Å². The molecule has 0 bridgehead atoms. The van der Waals surface area contributed by atoms with Crippen molar-refractivity contribution in [1.29, 1.82) is 0 Å². The lowest BCUT2D eigenvalue weighted by Crippen LogP contribution is -2.27. The van der Waals surface area contributed by atoms with E-state index in [-0.39, 0.29) is 13.5 Å². The highest BCUT2D eigenvalue weighted by atomic mass is 32.3. The van der Waals surface area contributed by atoms with Gasteiger partial charge >= 0.3 is 1.43 Å². The second kappa shape index (κ2) is 24.0. The molecule has 1 atom stereocenters. The predicted octanol–water partition coefficient (Wildman–Crippen LogP) is 8.97. The highest BCUT2D eigenvalue weighted by molar-refractivity contribution is 7.80. The van der Waals surface area contributed by atoms with Crippen LogP contribution < -0.4 is 6.15 Å². The number of hydrogen-bond acceptors (Lipinski definition) is 5. The molecule has 196 valence electrons. The Morgan fingerprint density at radius 3 is 1.25 bits per heavy atom. The minimum Gasteiger partial charge on any atom is -0.726 e. The molecule has 0 amide bonds. The lowest BCUT2D eigenvalue weighted by atomic mass is 9.87. The molecule has 0 aromatic rings. The standard InChI is InChI=1S/C26H54O4S.H3N/c1-4-7-10-13-16-19-22-25(23-20-17-14-11-8-5-2)26(30-31(27,28)29)24-21-18-15-12-9-6-3;/h25-26H,4-24H2,1-3H3,(H,27,28,29);1H3. The number of rotatable bonds is 24. The minimum atomic E-state index is -4.65. The lowest BCUT2D eigenvalue weighted by molar-refractivity contribution is 0.0963. The van der Waals surface area contributed by atoms with Crippen LogP contribution in [0, 0.1) is 5.92 Å². The van der Waals surface area contributed by atoms with Crippen LogP contribution in [0.25, 0.3) is 0 Å². The van der Waals surface area contributed by atoms with E-state index in [1.54, 1.807) is 0 Å². The molecular formula is C26H57NO4S. The molecule has 0 fully saturated rings. The van der Waals surface area contributed by atoms with E-state index in [1.165, 1.54) is 89.9 Å². The van der Waals surface area contributed by atoms with Gasteiger partial charge in [0.1, 0.15) is 0 Å². The van der Waals surface area contributed by atoms with Crippen molar-refractivity contribution in [3.05, 3.63) is 0 Å². The van der Waals surface area contributed by atoms with Crippen LogP contribution in [0.2, 0.25) is 0 Å². The normalized spacial score (nSPS) is 12.8. The molecule has 32 heavy (non-hydrogen) atoms. The fourth-order valence-corrected chi connectivity index (χ4v) is 5.09. The number of hydrogen-bond donors (Lipinski definition) is 1. The van der Waals surface area contributed by atoms with Crippen LogP contribution >= 0.6 is 0 Å². The van der Waals surface area contributed by atoms with Crippen molar-refractivity contribution in [2.75, 3.05) is 0 Å². The maximum atomic E-state index is 11.4. The summed E-state index contributed by atoms with van der Waals surface area (Å²) in [5.74, 6) is 0.191. The van der Waals surface area contributed by atoms with Crippen LogP contribution in [0.3, 0.4) is 0 Å². The summed E-state index contributed by atoms with van der Waals surface area (Å²) >= 11 is 0. The van der Waals surface area contributed by atoms with Crippen molar-refractivity contribution in [1.82, 2.24) is 6.15 Å². The third-order valence-corrected chi connectivity index (χ3v) is 6.95. The first-order chi connectivity index (χ1) is 14.9. The molecule has 6 heteroatoms. The largest absolute Gasteiger partial charge is 1.00 e. The van der Waals surface area contributed by atoms with Crippen LogP contribution in [-0.4, -0.2) is 19.1 Å². The van der Waals surface area contributed by atoms with Gasteiger partial charge in [-0.1, -0.05) is 136 Å². The molecule has 0 aliphatic rings. The Kier molecular flexibility index (Phi) is 25.5. The zero-order valence-corrected chi connectivity index (χ0v) is 22.6. The van der Waals surface area contributed by atoms with Gasteiger partial charge in [0.15, 0.2) is 0 Å². The summed E-state index contributed by atoms with van der Waals surface area (Å²) in [5.41, 5.74) is 0. The topological polar surface area (TPSA) is 101 Å². The van der Waals surface area contributed by atoms with Crippen LogP contribution in [0.4, 0.5) is 0 Å². The van der Waals surface area contributed by atoms with Gasteiger partial charge in [-0.2, -0.15) is 0 Å². The van der Waals surface area contributed by atoms with Crippen molar-refractivity contribution in [2.45, 2.75) is 162 Å². The Hall–Kier alpha value is -0.170. The van der Waals surface area contributed by atoms with E-state index in [0.29, 0.717) is 6.42 Å². The van der Waals surface area contributed by atoms with Gasteiger partial charge in [0.25, 0.3) is 0 Å². The first kappa shape index (κ1) is 34.0. The van der Waals surface area contributed by atoms with Gasteiger partial charge in [-0.05, 0) is 25.2 Å². The van der Waals surface area contributed by atoms with Crippen molar-refractivity contribution >= 4 is 10.4 Å². The summed E-state index contributed by atoms with van der Waals surface area (Å²) in [6, 6.07) is 0. The van der Waals surface area contributed by atoms with Gasteiger partial charge in [-0.3, -0.25) is 4.18 Å². The Bertz CT molecular complexity index is 461. The second-order valence-electron chi connectivity index (χ2n) is 9.47. The second-order valence-corrected chi connectivity index (χ2v) is 10.5. The highest BCUT2D eigenvalue weighted by Crippen LogP contribution is 2.28. The summed E-state index contributed by atoms with van der Waals surface area (Å²) in [7, 11) is -4.65. The molecule has 0 aliphatic carbocycles. The molecule has 0 spiro atoms. The summed E-state index contributed by atoms with van der Waals surface area (Å²) in [5, 5.41) is 0. The van der Waals surface area contributed by atoms with Crippen LogP contribution in [0.1, 0.15) is 157 Å². The lowest BCUT2D eigenvalue weighted by Gasteiger charge is -2.28. The Morgan fingerprint density at radius 1 is 0.594 bits per heavy atom. The number of unbranched alkanes of at least 4 members (excludes halogenated alkanes) is 15. The van der Waals surface area contributed by atoms with E-state index in [0.717, 1.165) is 38.5 Å². The van der Waals surface area contributed by atoms with E-state index in [1.807, 2.05) is 0 Å². The molecule has 0 radical (unpaired) electrons. The van der Waals surface area contributed by atoms with Gasteiger partial charge in [-0.25, -0.2) is 8.42 Å². The summed E-state index contributed by atoms with van der Waals surface area (Å²) in [6.07, 6.45) is 23.9. The monoisotopic (exact) mass is 479 g/mol. The first-order valence-electron chi connectivity index (χ1n) is 13.6. The van der Waals surface area contributed by atoms with Crippen LogP contribution in [0.15, 0.2) is 0 Å². The molecule has 0 aliphatic heterocycles. The van der Waals surface area contributed by atoms with Gasteiger partial charge in [0, 0.05) is 0 Å². The van der Waals surface area contributed by atoms with E-state index in [2.05, 4.69) is 20.8 Å². The van der Waals surface area contributed by atoms with Gasteiger partial charge in [0.05, 0.1) is 6.10 Å². The maximum absolute atomic E-state index is 11.4. The van der Waals surface area contributed by atoms with Gasteiger partial charge in [0.2, 0.25) is 10.4 Å². The van der Waals surface area contributed by atoms with E-state index >= 15 is 0 Å². The quantitative estimate of drug-likeness (QED) is 0.0845. The van der Waals surface area contributed by atoms with E-state index in [9.17, 15) is 13.0 Å². The predicted molar refractivity (Wildman–Crippen MR) is 138 cm³/mol. The van der Waals surface area contributed by atoms with Crippen molar-refractivity contribution < 1.29 is 18.6 Å². The molecule has 5 nitrogen and oxygen atoms in total. The molecule has 0 rings (SSSR count). The molecule has 3 N–H and O–H groups in total. The van der Waals surface area contributed by atoms with Crippen LogP contribution in [0.5, 0.6) is 0 Å². The zero-order chi connectivity index (χ0) is 23.2. The Balaban J connectivity index is -0.00000450. The third-order valence-electron chi connectivity index (χ3n) is 6.47. The molecule has 0 saturated heterocycles. The van der Waals surface area contributed by atoms with Crippen molar-refractivity contribution in [3.8, 4) is 0 Å². The maximum Gasteiger partial charge on any atom is 1.00 e. The summed E-state index contributed by atoms with van der Waals surface area (Å²) < 4.78 is 39.5. The smallest absolute Gasteiger partial charge is 0.726 e. The molecular weight excluding hydrogens is 422 g/mol. The third kappa shape index (κ3) is 23.0. The molecule has 0 aromatic heterocycles. The molecule has 0 heterocycles. The fourth-order valence-electron chi connectivity index (χ4n) is 4.53. The summed E-state index contributed by atoms with van der Waals surface area (Å²) in [4.78, 5) is 0. The molecule has 1 unspecified atom stereocenters. The first-order valence-corrected chi connectivity index (χ1v) is 14.9. The minimum absolute atomic E-state index is 0.